The molecule has 0 saturated carbocycles. The molecule has 15 heavy (non-hydrogen) atoms. The highest BCUT2D eigenvalue weighted by atomic mass is 79.9. The lowest BCUT2D eigenvalue weighted by Gasteiger charge is -2.04. The molecule has 5 heteroatoms. The first-order chi connectivity index (χ1) is 7.16. The summed E-state index contributed by atoms with van der Waals surface area (Å²) in [5, 5.41) is 11.2. The van der Waals surface area contributed by atoms with Crippen LogP contribution in [-0.4, -0.2) is 9.67 Å². The van der Waals surface area contributed by atoms with Crippen molar-refractivity contribution < 1.29 is 5.11 Å². The average Bonchev–Trinajstić information content (AvgIpc) is 2.50. The maximum absolute atomic E-state index is 9.56. The Morgan fingerprint density at radius 2 is 2.27 bits per heavy atom. The van der Waals surface area contributed by atoms with Crippen molar-refractivity contribution in [3.63, 3.8) is 0 Å². The summed E-state index contributed by atoms with van der Waals surface area (Å²) in [7, 11) is 0. The Bertz CT molecular complexity index is 532. The molecule has 0 spiro atoms. The maximum atomic E-state index is 9.56. The third kappa shape index (κ3) is 2.48. The van der Waals surface area contributed by atoms with Crippen LogP contribution in [0.2, 0.25) is 0 Å². The molecule has 0 unspecified atom stereocenters. The van der Waals surface area contributed by atoms with Crippen LogP contribution in [0.25, 0.3) is 0 Å². The van der Waals surface area contributed by atoms with Gasteiger partial charge in [0.05, 0.1) is 11.9 Å². The predicted octanol–water partition coefficient (Wildman–Crippen LogP) is 3.80. The lowest BCUT2D eigenvalue weighted by Crippen LogP contribution is -1.98. The normalized spacial score (nSPS) is 10.5. The molecule has 0 atom stereocenters. The molecule has 1 N–H and O–H groups in total. The van der Waals surface area contributed by atoms with Crippen LogP contribution in [0.3, 0.4) is 0 Å². The van der Waals surface area contributed by atoms with Gasteiger partial charge in [0, 0.05) is 4.47 Å². The van der Waals surface area contributed by atoms with Crippen molar-refractivity contribution in [1.82, 2.24) is 4.57 Å². The predicted molar refractivity (Wildman–Crippen MR) is 68.1 cm³/mol. The molecule has 1 aromatic carbocycles. The third-order valence-electron chi connectivity index (χ3n) is 1.99. The monoisotopic (exact) mass is 301 g/mol. The summed E-state index contributed by atoms with van der Waals surface area (Å²) in [4.78, 5) is 0. The van der Waals surface area contributed by atoms with Crippen molar-refractivity contribution in [3.05, 3.63) is 43.6 Å². The van der Waals surface area contributed by atoms with Crippen LogP contribution in [-0.2, 0) is 6.54 Å². The van der Waals surface area contributed by atoms with E-state index in [0.29, 0.717) is 10.5 Å². The fourth-order valence-corrected chi connectivity index (χ4v) is 2.66. The zero-order valence-electron chi connectivity index (χ0n) is 7.68. The van der Waals surface area contributed by atoms with E-state index in [-0.39, 0.29) is 5.88 Å². The van der Waals surface area contributed by atoms with E-state index in [4.69, 9.17) is 12.2 Å². The van der Waals surface area contributed by atoms with E-state index in [2.05, 4.69) is 15.9 Å². The van der Waals surface area contributed by atoms with Crippen LogP contribution >= 0.6 is 39.5 Å². The van der Waals surface area contributed by atoms with Gasteiger partial charge < -0.3 is 5.11 Å². The van der Waals surface area contributed by atoms with E-state index in [1.165, 1.54) is 11.3 Å². The van der Waals surface area contributed by atoms with Crippen LogP contribution < -0.4 is 0 Å². The number of thiazole rings is 1. The van der Waals surface area contributed by atoms with Crippen LogP contribution in [0.5, 0.6) is 5.88 Å². The molecule has 2 nitrogen and oxygen atoms in total. The molecule has 78 valence electrons. The fourth-order valence-electron chi connectivity index (χ4n) is 1.29. The quantitative estimate of drug-likeness (QED) is 0.854. The van der Waals surface area contributed by atoms with Gasteiger partial charge in [0.15, 0.2) is 3.95 Å². The summed E-state index contributed by atoms with van der Waals surface area (Å²) in [6.45, 7) is 0.605. The zero-order chi connectivity index (χ0) is 10.8. The Kier molecular flexibility index (Phi) is 3.23. The van der Waals surface area contributed by atoms with Crippen molar-refractivity contribution in [3.8, 4) is 5.88 Å². The first kappa shape index (κ1) is 10.9. The Balaban J connectivity index is 2.33. The molecule has 1 aromatic heterocycles. The van der Waals surface area contributed by atoms with Gasteiger partial charge in [0.25, 0.3) is 0 Å². The number of aromatic hydroxyl groups is 1. The molecular weight excluding hydrogens is 294 g/mol. The molecule has 2 rings (SSSR count). The third-order valence-corrected chi connectivity index (χ3v) is 3.74. The summed E-state index contributed by atoms with van der Waals surface area (Å²) in [6.07, 6.45) is 0. The van der Waals surface area contributed by atoms with E-state index in [0.717, 1.165) is 10.0 Å². The summed E-state index contributed by atoms with van der Waals surface area (Å²) in [5.41, 5.74) is 1.11. The van der Waals surface area contributed by atoms with Gasteiger partial charge in [0.1, 0.15) is 0 Å². The van der Waals surface area contributed by atoms with E-state index in [9.17, 15) is 5.11 Å². The van der Waals surface area contributed by atoms with Gasteiger partial charge in [0.2, 0.25) is 5.88 Å². The summed E-state index contributed by atoms with van der Waals surface area (Å²) >= 11 is 9.89. The molecule has 0 aliphatic carbocycles. The zero-order valence-corrected chi connectivity index (χ0v) is 10.9. The molecule has 2 aromatic rings. The smallest absolute Gasteiger partial charge is 0.203 e. The molecule has 0 aliphatic rings. The number of nitrogens with zero attached hydrogens (tertiary/aromatic N) is 1. The van der Waals surface area contributed by atoms with Gasteiger partial charge in [-0.3, -0.25) is 4.57 Å². The number of benzene rings is 1. The van der Waals surface area contributed by atoms with Crippen LogP contribution in [0, 0.1) is 3.95 Å². The van der Waals surface area contributed by atoms with Gasteiger partial charge in [-0.1, -0.05) is 28.1 Å². The molecule has 1 heterocycles. The summed E-state index contributed by atoms with van der Waals surface area (Å²) in [6, 6.07) is 7.95. The second-order valence-electron chi connectivity index (χ2n) is 3.08. The topological polar surface area (TPSA) is 25.2 Å². The highest BCUT2D eigenvalue weighted by molar-refractivity contribution is 9.10. The number of rotatable bonds is 2. The van der Waals surface area contributed by atoms with Gasteiger partial charge in [-0.15, -0.1) is 11.3 Å². The molecule has 0 saturated heterocycles. The Morgan fingerprint density at radius 3 is 2.87 bits per heavy atom. The Morgan fingerprint density at radius 1 is 1.47 bits per heavy atom. The van der Waals surface area contributed by atoms with E-state index in [1.54, 1.807) is 9.95 Å². The molecule has 0 bridgehead atoms. The van der Waals surface area contributed by atoms with Crippen molar-refractivity contribution >= 4 is 39.5 Å². The van der Waals surface area contributed by atoms with Gasteiger partial charge in [-0.05, 0) is 29.9 Å². The van der Waals surface area contributed by atoms with Crippen molar-refractivity contribution in [2.75, 3.05) is 0 Å². The first-order valence-corrected chi connectivity index (χ1v) is 6.36. The minimum atomic E-state index is 0.227. The molecule has 0 fully saturated rings. The number of hydrogen-bond acceptors (Lipinski definition) is 3. The van der Waals surface area contributed by atoms with Crippen molar-refractivity contribution in [2.45, 2.75) is 6.54 Å². The Labute approximate surface area is 105 Å². The molecule has 0 radical (unpaired) electrons. The Hall–Kier alpha value is -0.650. The summed E-state index contributed by atoms with van der Waals surface area (Å²) in [5.74, 6) is 0.227. The average molecular weight is 302 g/mol. The molecule has 0 aliphatic heterocycles. The van der Waals surface area contributed by atoms with Crippen LogP contribution in [0.1, 0.15) is 5.56 Å². The SMILES string of the molecule is Oc1csc(=S)n1Cc1cccc(Br)c1. The number of hydrogen-bond donors (Lipinski definition) is 1. The minimum absolute atomic E-state index is 0.227. The second kappa shape index (κ2) is 4.47. The standard InChI is InChI=1S/C10H8BrNOS2/c11-8-3-1-2-7(4-8)5-12-9(13)6-15-10(12)14/h1-4,6,13H,5H2. The van der Waals surface area contributed by atoms with Crippen LogP contribution in [0.4, 0.5) is 0 Å². The second-order valence-corrected chi connectivity index (χ2v) is 5.49. The van der Waals surface area contributed by atoms with Gasteiger partial charge >= 0.3 is 0 Å². The van der Waals surface area contributed by atoms with E-state index >= 15 is 0 Å². The van der Waals surface area contributed by atoms with E-state index < -0.39 is 0 Å². The lowest BCUT2D eigenvalue weighted by molar-refractivity contribution is 0.423. The van der Waals surface area contributed by atoms with E-state index in [1.807, 2.05) is 24.3 Å². The van der Waals surface area contributed by atoms with Crippen molar-refractivity contribution in [2.24, 2.45) is 0 Å². The highest BCUT2D eigenvalue weighted by Crippen LogP contribution is 2.20. The fraction of sp³-hybridized carbons (Fsp3) is 0.100. The minimum Gasteiger partial charge on any atom is -0.494 e. The first-order valence-electron chi connectivity index (χ1n) is 4.28. The molecular formula is C10H8BrNOS2. The van der Waals surface area contributed by atoms with Gasteiger partial charge in [-0.2, -0.15) is 0 Å². The van der Waals surface area contributed by atoms with Gasteiger partial charge in [-0.25, -0.2) is 0 Å². The number of aromatic nitrogens is 1. The lowest BCUT2D eigenvalue weighted by atomic mass is 10.2. The molecule has 0 amide bonds. The van der Waals surface area contributed by atoms with Crippen LogP contribution in [0.15, 0.2) is 34.1 Å². The highest BCUT2D eigenvalue weighted by Gasteiger charge is 2.03. The number of halogens is 1. The largest absolute Gasteiger partial charge is 0.494 e. The maximum Gasteiger partial charge on any atom is 0.203 e. The summed E-state index contributed by atoms with van der Waals surface area (Å²) < 4.78 is 3.43. The van der Waals surface area contributed by atoms with Crippen molar-refractivity contribution in [1.29, 1.82) is 0 Å².